The second kappa shape index (κ2) is 3.77. The third kappa shape index (κ3) is 1.85. The Hall–Kier alpha value is -0.760. The molecule has 1 fully saturated rings. The topological polar surface area (TPSA) is 25.2 Å². The van der Waals surface area contributed by atoms with Gasteiger partial charge in [0.05, 0.1) is 6.54 Å². The van der Waals surface area contributed by atoms with Crippen molar-refractivity contribution in [3.8, 4) is 0 Å². The predicted molar refractivity (Wildman–Crippen MR) is 57.0 cm³/mol. The molecule has 0 bridgehead atoms. The van der Waals surface area contributed by atoms with E-state index in [4.69, 9.17) is 4.42 Å². The smallest absolute Gasteiger partial charge is 0.117 e. The summed E-state index contributed by atoms with van der Waals surface area (Å²) in [6, 6.07) is 4.76. The van der Waals surface area contributed by atoms with Crippen molar-refractivity contribution in [3.05, 3.63) is 23.7 Å². The van der Waals surface area contributed by atoms with E-state index in [1.165, 1.54) is 6.42 Å². The summed E-state index contributed by atoms with van der Waals surface area (Å²) in [5, 5.41) is 3.54. The molecule has 1 aromatic heterocycles. The molecule has 78 valence electrons. The number of rotatable bonds is 3. The van der Waals surface area contributed by atoms with Crippen LogP contribution < -0.4 is 5.32 Å². The van der Waals surface area contributed by atoms with Gasteiger partial charge in [0.25, 0.3) is 0 Å². The molecule has 0 spiro atoms. The lowest BCUT2D eigenvalue weighted by molar-refractivity contribution is 0.134. The van der Waals surface area contributed by atoms with Crippen LogP contribution in [-0.4, -0.2) is 6.04 Å². The van der Waals surface area contributed by atoms with E-state index in [0.717, 1.165) is 29.9 Å². The largest absolute Gasteiger partial charge is 0.465 e. The lowest BCUT2D eigenvalue weighted by Gasteiger charge is -2.41. The fraction of sp³-hybridized carbons (Fsp3) is 0.667. The van der Waals surface area contributed by atoms with Gasteiger partial charge in [-0.15, -0.1) is 0 Å². The molecular formula is C12H19NO. The molecule has 0 amide bonds. The van der Waals surface area contributed by atoms with Crippen LogP contribution in [0.1, 0.15) is 31.8 Å². The molecule has 2 heteroatoms. The Balaban J connectivity index is 1.78. The molecule has 1 aromatic rings. The summed E-state index contributed by atoms with van der Waals surface area (Å²) in [6.45, 7) is 7.49. The van der Waals surface area contributed by atoms with Gasteiger partial charge in [-0.25, -0.2) is 0 Å². The van der Waals surface area contributed by atoms with Crippen LogP contribution in [0, 0.1) is 18.8 Å². The first kappa shape index (κ1) is 9.78. The molecule has 1 aliphatic carbocycles. The Labute approximate surface area is 85.7 Å². The first-order valence-electron chi connectivity index (χ1n) is 5.45. The lowest BCUT2D eigenvalue weighted by atomic mass is 9.71. The van der Waals surface area contributed by atoms with E-state index < -0.39 is 0 Å². The zero-order valence-corrected chi connectivity index (χ0v) is 9.21. The van der Waals surface area contributed by atoms with Gasteiger partial charge in [-0.2, -0.15) is 0 Å². The molecule has 2 rings (SSSR count). The molecule has 3 atom stereocenters. The predicted octanol–water partition coefficient (Wildman–Crippen LogP) is 2.72. The van der Waals surface area contributed by atoms with Crippen molar-refractivity contribution in [1.82, 2.24) is 5.32 Å². The average Bonchev–Trinajstić information content (AvgIpc) is 2.58. The van der Waals surface area contributed by atoms with Crippen molar-refractivity contribution in [3.63, 3.8) is 0 Å². The van der Waals surface area contributed by atoms with Gasteiger partial charge in [-0.3, -0.25) is 0 Å². The standard InChI is InChI=1S/C12H19NO/c1-8-6-12(10(8)3)13-7-11-5-4-9(2)14-11/h4-5,8,10,12-13H,6-7H2,1-3H3. The normalized spacial score (nSPS) is 31.5. The summed E-state index contributed by atoms with van der Waals surface area (Å²) in [5.74, 6) is 3.74. The van der Waals surface area contributed by atoms with E-state index in [1.807, 2.05) is 13.0 Å². The fourth-order valence-corrected chi connectivity index (χ4v) is 2.11. The summed E-state index contributed by atoms with van der Waals surface area (Å²) in [7, 11) is 0. The van der Waals surface area contributed by atoms with Crippen molar-refractivity contribution >= 4 is 0 Å². The SMILES string of the molecule is Cc1ccc(CNC2CC(C)C2C)o1. The van der Waals surface area contributed by atoms with E-state index in [0.29, 0.717) is 6.04 Å². The maximum Gasteiger partial charge on any atom is 0.117 e. The minimum atomic E-state index is 0.690. The van der Waals surface area contributed by atoms with Crippen LogP contribution in [0.3, 0.4) is 0 Å². The van der Waals surface area contributed by atoms with E-state index >= 15 is 0 Å². The van der Waals surface area contributed by atoms with Crippen LogP contribution in [-0.2, 0) is 6.54 Å². The first-order chi connectivity index (χ1) is 6.66. The molecule has 1 aliphatic rings. The fourth-order valence-electron chi connectivity index (χ4n) is 2.11. The first-order valence-corrected chi connectivity index (χ1v) is 5.45. The molecule has 1 N–H and O–H groups in total. The Bertz CT molecular complexity index is 305. The molecule has 0 aliphatic heterocycles. The van der Waals surface area contributed by atoms with Crippen molar-refractivity contribution in [2.24, 2.45) is 11.8 Å². The molecule has 2 nitrogen and oxygen atoms in total. The Morgan fingerprint density at radius 1 is 1.43 bits per heavy atom. The average molecular weight is 193 g/mol. The van der Waals surface area contributed by atoms with E-state index in [1.54, 1.807) is 0 Å². The van der Waals surface area contributed by atoms with Crippen LogP contribution in [0.15, 0.2) is 16.5 Å². The van der Waals surface area contributed by atoms with Gasteiger partial charge in [0, 0.05) is 6.04 Å². The van der Waals surface area contributed by atoms with Crippen molar-refractivity contribution in [2.45, 2.75) is 39.8 Å². The van der Waals surface area contributed by atoms with Gasteiger partial charge in [-0.05, 0) is 37.3 Å². The second-order valence-electron chi connectivity index (χ2n) is 4.57. The zero-order valence-electron chi connectivity index (χ0n) is 9.21. The second-order valence-corrected chi connectivity index (χ2v) is 4.57. The van der Waals surface area contributed by atoms with Crippen LogP contribution in [0.5, 0.6) is 0 Å². The molecule has 0 radical (unpaired) electrons. The summed E-state index contributed by atoms with van der Waals surface area (Å²) < 4.78 is 5.50. The van der Waals surface area contributed by atoms with Crippen LogP contribution in [0.2, 0.25) is 0 Å². The maximum absolute atomic E-state index is 5.50. The summed E-state index contributed by atoms with van der Waals surface area (Å²) in [4.78, 5) is 0. The van der Waals surface area contributed by atoms with Crippen molar-refractivity contribution in [1.29, 1.82) is 0 Å². The van der Waals surface area contributed by atoms with Gasteiger partial charge in [0.1, 0.15) is 11.5 Å². The monoisotopic (exact) mass is 193 g/mol. The number of hydrogen-bond acceptors (Lipinski definition) is 2. The summed E-state index contributed by atoms with van der Waals surface area (Å²) in [5.41, 5.74) is 0. The Morgan fingerprint density at radius 2 is 2.21 bits per heavy atom. The minimum Gasteiger partial charge on any atom is -0.465 e. The highest BCUT2D eigenvalue weighted by molar-refractivity contribution is 5.05. The maximum atomic E-state index is 5.50. The zero-order chi connectivity index (χ0) is 10.1. The van der Waals surface area contributed by atoms with Crippen LogP contribution in [0.25, 0.3) is 0 Å². The van der Waals surface area contributed by atoms with Crippen molar-refractivity contribution in [2.75, 3.05) is 0 Å². The van der Waals surface area contributed by atoms with Crippen LogP contribution >= 0.6 is 0 Å². The number of nitrogens with one attached hydrogen (secondary N) is 1. The van der Waals surface area contributed by atoms with Gasteiger partial charge in [0.2, 0.25) is 0 Å². The molecule has 3 unspecified atom stereocenters. The van der Waals surface area contributed by atoms with Crippen LogP contribution in [0.4, 0.5) is 0 Å². The minimum absolute atomic E-state index is 0.690. The van der Waals surface area contributed by atoms with Gasteiger partial charge >= 0.3 is 0 Å². The Kier molecular flexibility index (Phi) is 2.64. The highest BCUT2D eigenvalue weighted by Crippen LogP contribution is 2.33. The van der Waals surface area contributed by atoms with Gasteiger partial charge in [0.15, 0.2) is 0 Å². The summed E-state index contributed by atoms with van der Waals surface area (Å²) in [6.07, 6.45) is 1.31. The van der Waals surface area contributed by atoms with Crippen molar-refractivity contribution < 1.29 is 4.42 Å². The van der Waals surface area contributed by atoms with E-state index in [-0.39, 0.29) is 0 Å². The highest BCUT2D eigenvalue weighted by atomic mass is 16.3. The summed E-state index contributed by atoms with van der Waals surface area (Å²) >= 11 is 0. The Morgan fingerprint density at radius 3 is 2.71 bits per heavy atom. The van der Waals surface area contributed by atoms with Gasteiger partial charge < -0.3 is 9.73 Å². The number of aryl methyl sites for hydroxylation is 1. The molecule has 1 heterocycles. The third-order valence-electron chi connectivity index (χ3n) is 3.49. The molecule has 14 heavy (non-hydrogen) atoms. The van der Waals surface area contributed by atoms with E-state index in [2.05, 4.69) is 25.2 Å². The van der Waals surface area contributed by atoms with E-state index in [9.17, 15) is 0 Å². The highest BCUT2D eigenvalue weighted by Gasteiger charge is 2.33. The lowest BCUT2D eigenvalue weighted by Crippen LogP contribution is -2.47. The molecular weight excluding hydrogens is 174 g/mol. The molecule has 0 saturated heterocycles. The third-order valence-corrected chi connectivity index (χ3v) is 3.49. The molecule has 1 saturated carbocycles. The van der Waals surface area contributed by atoms with Gasteiger partial charge in [-0.1, -0.05) is 13.8 Å². The number of furan rings is 1. The number of hydrogen-bond donors (Lipinski definition) is 1. The quantitative estimate of drug-likeness (QED) is 0.798. The molecule has 0 aromatic carbocycles.